The molecule has 0 bridgehead atoms. The van der Waals surface area contributed by atoms with Gasteiger partial charge in [0.2, 0.25) is 10.0 Å². The fraction of sp³-hybridized carbons (Fsp3) is 0.412. The van der Waals surface area contributed by atoms with Crippen LogP contribution < -0.4 is 10.2 Å². The van der Waals surface area contributed by atoms with Gasteiger partial charge in [0, 0.05) is 44.5 Å². The van der Waals surface area contributed by atoms with E-state index in [1.165, 1.54) is 10.6 Å². The second-order valence-electron chi connectivity index (χ2n) is 6.08. The minimum Gasteiger partial charge on any atom is -0.459 e. The van der Waals surface area contributed by atoms with Crippen LogP contribution in [-0.2, 0) is 10.0 Å². The topological polar surface area (TPSA) is 95.7 Å². The van der Waals surface area contributed by atoms with Crippen molar-refractivity contribution in [2.24, 2.45) is 0 Å². The number of amides is 1. The van der Waals surface area contributed by atoms with Gasteiger partial charge in [0.15, 0.2) is 5.76 Å². The molecule has 26 heavy (non-hydrogen) atoms. The molecule has 1 aliphatic rings. The zero-order valence-electron chi connectivity index (χ0n) is 14.6. The van der Waals surface area contributed by atoms with Crippen LogP contribution in [0.5, 0.6) is 0 Å². The Labute approximate surface area is 152 Å². The molecule has 140 valence electrons. The molecule has 0 radical (unpaired) electrons. The zero-order chi connectivity index (χ0) is 18.6. The van der Waals surface area contributed by atoms with Crippen LogP contribution in [-0.4, -0.2) is 62.1 Å². The average molecular weight is 378 g/mol. The molecular formula is C17H22N4O4S. The van der Waals surface area contributed by atoms with E-state index >= 15 is 0 Å². The van der Waals surface area contributed by atoms with Gasteiger partial charge in [-0.1, -0.05) is 6.07 Å². The molecule has 1 amide bonds. The first kappa shape index (κ1) is 18.4. The summed E-state index contributed by atoms with van der Waals surface area (Å²) in [6, 6.07) is 7.36. The highest BCUT2D eigenvalue weighted by Crippen LogP contribution is 2.14. The highest BCUT2D eigenvalue weighted by atomic mass is 32.2. The second kappa shape index (κ2) is 7.88. The molecule has 3 heterocycles. The summed E-state index contributed by atoms with van der Waals surface area (Å²) in [5.74, 6) is 0.530. The van der Waals surface area contributed by atoms with E-state index in [-0.39, 0.29) is 18.1 Å². The lowest BCUT2D eigenvalue weighted by Crippen LogP contribution is -2.50. The summed E-state index contributed by atoms with van der Waals surface area (Å²) in [6.45, 7) is 3.80. The van der Waals surface area contributed by atoms with Crippen molar-refractivity contribution in [3.63, 3.8) is 0 Å². The van der Waals surface area contributed by atoms with Crippen molar-refractivity contribution in [1.29, 1.82) is 0 Å². The molecular weight excluding hydrogens is 356 g/mol. The fourth-order valence-electron chi connectivity index (χ4n) is 2.84. The number of hydrogen-bond acceptors (Lipinski definition) is 6. The smallest absolute Gasteiger partial charge is 0.287 e. The van der Waals surface area contributed by atoms with Crippen molar-refractivity contribution in [2.75, 3.05) is 43.4 Å². The molecule has 1 aliphatic heterocycles. The zero-order valence-corrected chi connectivity index (χ0v) is 15.4. The van der Waals surface area contributed by atoms with Gasteiger partial charge in [0.25, 0.3) is 5.91 Å². The van der Waals surface area contributed by atoms with Crippen LogP contribution in [0.4, 0.5) is 5.82 Å². The lowest BCUT2D eigenvalue weighted by Gasteiger charge is -2.34. The quantitative estimate of drug-likeness (QED) is 0.801. The molecule has 0 spiro atoms. The molecule has 9 heteroatoms. The maximum Gasteiger partial charge on any atom is 0.287 e. The standard InChI is InChI=1S/C17H22N4O4S/c1-14-5-12-25-16(14)17(22)19-7-13-26(23,24)21-10-8-20(9-11-21)15-4-2-3-6-18-15/h2-6,12H,7-11,13H2,1H3,(H,19,22). The summed E-state index contributed by atoms with van der Waals surface area (Å²) in [5.41, 5.74) is 0.719. The van der Waals surface area contributed by atoms with Crippen molar-refractivity contribution in [2.45, 2.75) is 6.92 Å². The first-order chi connectivity index (χ1) is 12.5. The Balaban J connectivity index is 1.48. The van der Waals surface area contributed by atoms with Crippen LogP contribution in [0.15, 0.2) is 41.1 Å². The third kappa shape index (κ3) is 4.23. The number of rotatable bonds is 6. The summed E-state index contributed by atoms with van der Waals surface area (Å²) in [5, 5.41) is 2.60. The molecule has 0 aliphatic carbocycles. The van der Waals surface area contributed by atoms with E-state index in [1.54, 1.807) is 19.2 Å². The Morgan fingerprint density at radius 3 is 2.62 bits per heavy atom. The van der Waals surface area contributed by atoms with Gasteiger partial charge in [0.05, 0.1) is 12.0 Å². The fourth-order valence-corrected chi connectivity index (χ4v) is 4.18. The molecule has 0 saturated carbocycles. The maximum atomic E-state index is 12.5. The van der Waals surface area contributed by atoms with Crippen LogP contribution in [0.2, 0.25) is 0 Å². The first-order valence-electron chi connectivity index (χ1n) is 8.43. The van der Waals surface area contributed by atoms with Gasteiger partial charge in [-0.3, -0.25) is 4.79 Å². The van der Waals surface area contributed by atoms with Gasteiger partial charge in [-0.05, 0) is 25.1 Å². The van der Waals surface area contributed by atoms with Gasteiger partial charge in [-0.15, -0.1) is 0 Å². The van der Waals surface area contributed by atoms with E-state index in [0.29, 0.717) is 26.2 Å². The number of furan rings is 1. The van der Waals surface area contributed by atoms with Crippen LogP contribution in [0.3, 0.4) is 0 Å². The minimum atomic E-state index is -3.42. The van der Waals surface area contributed by atoms with Crippen molar-refractivity contribution < 1.29 is 17.6 Å². The highest BCUT2D eigenvalue weighted by Gasteiger charge is 2.27. The number of nitrogens with one attached hydrogen (secondary N) is 1. The lowest BCUT2D eigenvalue weighted by atomic mass is 10.3. The van der Waals surface area contributed by atoms with Crippen molar-refractivity contribution in [1.82, 2.24) is 14.6 Å². The van der Waals surface area contributed by atoms with E-state index in [1.807, 2.05) is 18.2 Å². The molecule has 0 unspecified atom stereocenters. The Kier molecular flexibility index (Phi) is 5.58. The molecule has 1 fully saturated rings. The minimum absolute atomic E-state index is 0.0434. The Hall–Kier alpha value is -2.39. The monoisotopic (exact) mass is 378 g/mol. The van der Waals surface area contributed by atoms with E-state index in [0.717, 1.165) is 11.4 Å². The number of piperazine rings is 1. The molecule has 3 rings (SSSR count). The van der Waals surface area contributed by atoms with Crippen molar-refractivity contribution in [3.8, 4) is 0 Å². The maximum absolute atomic E-state index is 12.5. The van der Waals surface area contributed by atoms with Crippen LogP contribution in [0.25, 0.3) is 0 Å². The third-order valence-electron chi connectivity index (χ3n) is 4.32. The largest absolute Gasteiger partial charge is 0.459 e. The number of carbonyl (C=O) groups is 1. The van der Waals surface area contributed by atoms with Gasteiger partial charge in [-0.25, -0.2) is 13.4 Å². The number of nitrogens with zero attached hydrogens (tertiary/aromatic N) is 3. The lowest BCUT2D eigenvalue weighted by molar-refractivity contribution is 0.0927. The van der Waals surface area contributed by atoms with Gasteiger partial charge in [0.1, 0.15) is 5.82 Å². The van der Waals surface area contributed by atoms with E-state index in [9.17, 15) is 13.2 Å². The van der Waals surface area contributed by atoms with Crippen LogP contribution >= 0.6 is 0 Å². The number of anilines is 1. The number of hydrogen-bond donors (Lipinski definition) is 1. The van der Waals surface area contributed by atoms with E-state index < -0.39 is 15.9 Å². The summed E-state index contributed by atoms with van der Waals surface area (Å²) in [7, 11) is -3.42. The highest BCUT2D eigenvalue weighted by molar-refractivity contribution is 7.89. The van der Waals surface area contributed by atoms with Gasteiger partial charge < -0.3 is 14.6 Å². The summed E-state index contributed by atoms with van der Waals surface area (Å²) >= 11 is 0. The number of carbonyl (C=O) groups excluding carboxylic acids is 1. The molecule has 2 aromatic rings. The van der Waals surface area contributed by atoms with Gasteiger partial charge >= 0.3 is 0 Å². The van der Waals surface area contributed by atoms with Gasteiger partial charge in [-0.2, -0.15) is 4.31 Å². The predicted octanol–water partition coefficient (Wildman–Crippen LogP) is 0.865. The Bertz CT molecular complexity index is 843. The average Bonchev–Trinajstić information content (AvgIpc) is 3.08. The number of pyridine rings is 1. The normalized spacial score (nSPS) is 15.8. The number of aromatic nitrogens is 1. The summed E-state index contributed by atoms with van der Waals surface area (Å²) in [6.07, 6.45) is 3.16. The molecule has 1 N–H and O–H groups in total. The molecule has 2 aromatic heterocycles. The predicted molar refractivity (Wildman–Crippen MR) is 97.6 cm³/mol. The van der Waals surface area contributed by atoms with E-state index in [4.69, 9.17) is 4.42 Å². The first-order valence-corrected chi connectivity index (χ1v) is 10.0. The second-order valence-corrected chi connectivity index (χ2v) is 8.17. The Morgan fingerprint density at radius 2 is 2.00 bits per heavy atom. The molecule has 8 nitrogen and oxygen atoms in total. The van der Waals surface area contributed by atoms with Crippen molar-refractivity contribution >= 4 is 21.7 Å². The van der Waals surface area contributed by atoms with Crippen molar-refractivity contribution in [3.05, 3.63) is 48.0 Å². The summed E-state index contributed by atoms with van der Waals surface area (Å²) in [4.78, 5) is 18.3. The number of aryl methyl sites for hydroxylation is 1. The molecule has 0 atom stereocenters. The van der Waals surface area contributed by atoms with Crippen LogP contribution in [0, 0.1) is 6.92 Å². The summed E-state index contributed by atoms with van der Waals surface area (Å²) < 4.78 is 31.5. The van der Waals surface area contributed by atoms with E-state index in [2.05, 4.69) is 15.2 Å². The third-order valence-corrected chi connectivity index (χ3v) is 6.19. The van der Waals surface area contributed by atoms with Crippen LogP contribution in [0.1, 0.15) is 16.1 Å². The number of sulfonamides is 1. The Morgan fingerprint density at radius 1 is 1.23 bits per heavy atom. The SMILES string of the molecule is Cc1ccoc1C(=O)NCCS(=O)(=O)N1CCN(c2ccccn2)CC1. The molecule has 1 saturated heterocycles. The molecule has 0 aromatic carbocycles.